The summed E-state index contributed by atoms with van der Waals surface area (Å²) in [4.78, 5) is 29.9. The number of hydrogen-bond donors (Lipinski definition) is 4. The number of aliphatic carboxylic acids is 2. The molecule has 2 aromatic carbocycles. The molecule has 4 rings (SSSR count). The van der Waals surface area contributed by atoms with Crippen LogP contribution in [-0.4, -0.2) is 56.6 Å². The van der Waals surface area contributed by atoms with E-state index in [0.717, 1.165) is 39.4 Å². The van der Waals surface area contributed by atoms with Gasteiger partial charge in [0.15, 0.2) is 5.65 Å². The number of nitrogens with zero attached hydrogens (tertiary/aromatic N) is 2. The lowest BCUT2D eigenvalue weighted by atomic mass is 10.2. The molecule has 0 aliphatic heterocycles. The van der Waals surface area contributed by atoms with Crippen LogP contribution in [0.15, 0.2) is 65.3 Å². The fraction of sp³-hybridized carbons (Fsp3) is 0.167. The highest BCUT2D eigenvalue weighted by molar-refractivity contribution is 9.10. The van der Waals surface area contributed by atoms with Crippen molar-refractivity contribution in [1.82, 2.24) is 15.0 Å². The SMILES string of the molecule is COc1ccc(CNc2ccc(-c3nc4ncc(Br)cc4[nH]3)cc2)cc1.O=C(O)C(F)(F)F.O=C(O)C(F)(F)F. The number of anilines is 1. The predicted octanol–water partition coefficient (Wildman–Crippen LogP) is 6.27. The average molecular weight is 637 g/mol. The van der Waals surface area contributed by atoms with Crippen LogP contribution < -0.4 is 10.1 Å². The minimum absolute atomic E-state index is 0.713. The van der Waals surface area contributed by atoms with Crippen LogP contribution in [0, 0.1) is 0 Å². The van der Waals surface area contributed by atoms with Crippen molar-refractivity contribution in [3.05, 3.63) is 70.8 Å². The lowest BCUT2D eigenvalue weighted by Crippen LogP contribution is -2.21. The molecule has 214 valence electrons. The molecule has 4 aromatic rings. The lowest BCUT2D eigenvalue weighted by Gasteiger charge is -2.08. The zero-order valence-corrected chi connectivity index (χ0v) is 21.7. The highest BCUT2D eigenvalue weighted by atomic mass is 79.9. The second-order valence-electron chi connectivity index (χ2n) is 7.49. The summed E-state index contributed by atoms with van der Waals surface area (Å²) in [6.07, 6.45) is -8.42. The van der Waals surface area contributed by atoms with Gasteiger partial charge >= 0.3 is 24.3 Å². The third-order valence-electron chi connectivity index (χ3n) is 4.60. The van der Waals surface area contributed by atoms with Crippen LogP contribution in [0.25, 0.3) is 22.6 Å². The van der Waals surface area contributed by atoms with E-state index < -0.39 is 24.3 Å². The molecule has 2 heterocycles. The molecule has 0 bridgehead atoms. The third-order valence-corrected chi connectivity index (χ3v) is 5.04. The van der Waals surface area contributed by atoms with E-state index >= 15 is 0 Å². The summed E-state index contributed by atoms with van der Waals surface area (Å²) in [5.74, 6) is -3.84. The Morgan fingerprint density at radius 3 is 1.95 bits per heavy atom. The van der Waals surface area contributed by atoms with Gasteiger partial charge in [0.25, 0.3) is 0 Å². The van der Waals surface area contributed by atoms with Crippen molar-refractivity contribution in [3.63, 3.8) is 0 Å². The van der Waals surface area contributed by atoms with Crippen molar-refractivity contribution < 1.29 is 50.9 Å². The molecule has 0 unspecified atom stereocenters. The maximum absolute atomic E-state index is 10.6. The third kappa shape index (κ3) is 10.1. The van der Waals surface area contributed by atoms with E-state index in [-0.39, 0.29) is 0 Å². The van der Waals surface area contributed by atoms with Crippen LogP contribution in [-0.2, 0) is 16.1 Å². The number of methoxy groups -OCH3 is 1. The van der Waals surface area contributed by atoms with Gasteiger partial charge in [-0.3, -0.25) is 0 Å². The van der Waals surface area contributed by atoms with Crippen LogP contribution in [0.1, 0.15) is 5.56 Å². The topological polar surface area (TPSA) is 137 Å². The highest BCUT2D eigenvalue weighted by Crippen LogP contribution is 2.23. The number of ether oxygens (including phenoxy) is 1. The smallest absolute Gasteiger partial charge is 0.490 e. The van der Waals surface area contributed by atoms with Gasteiger partial charge in [0, 0.05) is 28.5 Å². The van der Waals surface area contributed by atoms with E-state index in [9.17, 15) is 26.3 Å². The number of imidazole rings is 1. The Kier molecular flexibility index (Phi) is 10.9. The fourth-order valence-electron chi connectivity index (χ4n) is 2.70. The molecule has 0 saturated carbocycles. The molecule has 0 amide bonds. The van der Waals surface area contributed by atoms with Gasteiger partial charge in [-0.2, -0.15) is 26.3 Å². The van der Waals surface area contributed by atoms with Crippen LogP contribution >= 0.6 is 15.9 Å². The van der Waals surface area contributed by atoms with E-state index in [2.05, 4.69) is 60.5 Å². The second kappa shape index (κ2) is 13.6. The zero-order chi connectivity index (χ0) is 30.1. The number of hydrogen-bond acceptors (Lipinski definition) is 6. The molecule has 0 atom stereocenters. The first-order chi connectivity index (χ1) is 18.6. The summed E-state index contributed by atoms with van der Waals surface area (Å²) < 4.78 is 69.6. The number of rotatable bonds is 5. The van der Waals surface area contributed by atoms with E-state index in [1.807, 2.05) is 30.3 Å². The molecule has 2 aromatic heterocycles. The highest BCUT2D eigenvalue weighted by Gasteiger charge is 2.38. The summed E-state index contributed by atoms with van der Waals surface area (Å²) in [7, 11) is 1.67. The summed E-state index contributed by atoms with van der Waals surface area (Å²) in [5.41, 5.74) is 4.90. The summed E-state index contributed by atoms with van der Waals surface area (Å²) in [6, 6.07) is 18.2. The molecule has 0 radical (unpaired) electrons. The summed E-state index contributed by atoms with van der Waals surface area (Å²) >= 11 is 3.43. The number of halogens is 7. The van der Waals surface area contributed by atoms with Crippen LogP contribution in [0.3, 0.4) is 0 Å². The number of pyridine rings is 1. The Morgan fingerprint density at radius 2 is 1.48 bits per heavy atom. The Bertz CT molecular complexity index is 1400. The van der Waals surface area contributed by atoms with E-state index in [1.165, 1.54) is 5.56 Å². The van der Waals surface area contributed by atoms with Gasteiger partial charge < -0.3 is 25.3 Å². The summed E-state index contributed by atoms with van der Waals surface area (Å²) in [6.45, 7) is 0.756. The number of benzene rings is 2. The van der Waals surface area contributed by atoms with Crippen LogP contribution in [0.5, 0.6) is 5.75 Å². The predicted molar refractivity (Wildman–Crippen MR) is 135 cm³/mol. The molecular weight excluding hydrogens is 618 g/mol. The molecule has 0 spiro atoms. The maximum atomic E-state index is 10.6. The van der Waals surface area contributed by atoms with Crippen molar-refractivity contribution in [2.45, 2.75) is 18.9 Å². The largest absolute Gasteiger partial charge is 0.497 e. The fourth-order valence-corrected chi connectivity index (χ4v) is 3.04. The normalized spacial score (nSPS) is 11.0. The van der Waals surface area contributed by atoms with E-state index in [4.69, 9.17) is 24.5 Å². The molecule has 16 heteroatoms. The van der Waals surface area contributed by atoms with Gasteiger partial charge in [0.1, 0.15) is 11.6 Å². The van der Waals surface area contributed by atoms with Crippen molar-refractivity contribution >= 4 is 44.7 Å². The number of carboxylic acid groups (broad SMARTS) is 2. The standard InChI is InChI=1S/C20H17BrN4O.2C2HF3O2/c1-26-17-8-2-13(3-9-17)11-22-16-6-4-14(5-7-16)19-24-18-10-15(21)12-23-20(18)25-19;2*3-2(4,5)1(6)7/h2-10,12,22H,11H2,1H3,(H,23,24,25);2*(H,6,7). The first kappa shape index (κ1) is 31.9. The maximum Gasteiger partial charge on any atom is 0.490 e. The number of aromatic nitrogens is 3. The van der Waals surface area contributed by atoms with Crippen molar-refractivity contribution in [1.29, 1.82) is 0 Å². The van der Waals surface area contributed by atoms with Crippen molar-refractivity contribution in [2.75, 3.05) is 12.4 Å². The van der Waals surface area contributed by atoms with Crippen LogP contribution in [0.4, 0.5) is 32.0 Å². The van der Waals surface area contributed by atoms with Gasteiger partial charge in [0.05, 0.1) is 12.6 Å². The Morgan fingerprint density at radius 1 is 0.950 bits per heavy atom. The number of nitrogens with one attached hydrogen (secondary N) is 2. The number of carboxylic acids is 2. The van der Waals surface area contributed by atoms with Gasteiger partial charge in [-0.1, -0.05) is 12.1 Å². The quantitative estimate of drug-likeness (QED) is 0.188. The van der Waals surface area contributed by atoms with Gasteiger partial charge in [0.2, 0.25) is 0 Å². The molecule has 0 saturated heterocycles. The average Bonchev–Trinajstić information content (AvgIpc) is 3.31. The van der Waals surface area contributed by atoms with Crippen molar-refractivity contribution in [3.8, 4) is 17.1 Å². The van der Waals surface area contributed by atoms with Crippen molar-refractivity contribution in [2.24, 2.45) is 0 Å². The van der Waals surface area contributed by atoms with Crippen LogP contribution in [0.2, 0.25) is 0 Å². The molecule has 9 nitrogen and oxygen atoms in total. The Labute approximate surface area is 230 Å². The molecule has 0 fully saturated rings. The molecule has 0 aliphatic rings. The molecule has 40 heavy (non-hydrogen) atoms. The second-order valence-corrected chi connectivity index (χ2v) is 8.41. The van der Waals surface area contributed by atoms with Gasteiger partial charge in [-0.15, -0.1) is 0 Å². The minimum Gasteiger partial charge on any atom is -0.497 e. The van der Waals surface area contributed by atoms with Gasteiger partial charge in [-0.25, -0.2) is 19.6 Å². The number of fused-ring (bicyclic) bond motifs is 1. The number of carbonyl (C=O) groups is 2. The number of aromatic amines is 1. The van der Waals surface area contributed by atoms with E-state index in [0.29, 0.717) is 5.65 Å². The number of H-pyrrole nitrogens is 1. The first-order valence-corrected chi connectivity index (χ1v) is 11.5. The minimum atomic E-state index is -5.08. The first-order valence-electron chi connectivity index (χ1n) is 10.7. The monoisotopic (exact) mass is 636 g/mol. The lowest BCUT2D eigenvalue weighted by molar-refractivity contribution is -0.193. The number of alkyl halides is 6. The van der Waals surface area contributed by atoms with Gasteiger partial charge in [-0.05, 0) is 64.0 Å². The Balaban J connectivity index is 0.000000333. The Hall–Kier alpha value is -4.34. The summed E-state index contributed by atoms with van der Waals surface area (Å²) in [5, 5.41) is 17.7. The molecule has 4 N–H and O–H groups in total. The van der Waals surface area contributed by atoms with E-state index in [1.54, 1.807) is 13.3 Å². The molecule has 0 aliphatic carbocycles. The zero-order valence-electron chi connectivity index (χ0n) is 20.1. The molecular formula is C24H19BrF6N4O5.